The summed E-state index contributed by atoms with van der Waals surface area (Å²) in [5, 5.41) is 79.4. The predicted octanol–water partition coefficient (Wildman–Crippen LogP) is -0.212. The summed E-state index contributed by atoms with van der Waals surface area (Å²) in [6.07, 6.45) is 16.0. The molecule has 14 N–H and O–H groups in total. The summed E-state index contributed by atoms with van der Waals surface area (Å²) < 4.78 is 0. The van der Waals surface area contributed by atoms with Gasteiger partial charge in [-0.2, -0.15) is 0 Å². The molecule has 0 aromatic rings. The monoisotopic (exact) mass is 746 g/mol. The van der Waals surface area contributed by atoms with E-state index in [2.05, 4.69) is 22.9 Å². The van der Waals surface area contributed by atoms with Gasteiger partial charge in [0.2, 0.25) is 0 Å². The molecule has 300 valence electrons. The number of unbranched alkanes of at least 4 members (excludes halogenated alkanes) is 8. The molecule has 21 heteroatoms. The van der Waals surface area contributed by atoms with Gasteiger partial charge in [-0.25, -0.2) is 38.4 Å². The Morgan fingerprint density at radius 3 is 1.06 bits per heavy atom. The third kappa shape index (κ3) is 64.7. The Morgan fingerprint density at radius 1 is 0.431 bits per heavy atom. The second kappa shape index (κ2) is 43.6. The quantitative estimate of drug-likeness (QED) is 0.0475. The highest BCUT2D eigenvalue weighted by atomic mass is 16.5. The molecule has 51 heavy (non-hydrogen) atoms. The molecule has 0 radical (unpaired) electrons. The lowest BCUT2D eigenvalue weighted by Crippen LogP contribution is -2.29. The Kier molecular flexibility index (Phi) is 47.8. The third-order valence-corrected chi connectivity index (χ3v) is 5.72. The van der Waals surface area contributed by atoms with Crippen molar-refractivity contribution >= 4 is 47.8 Å². The highest BCUT2D eigenvalue weighted by Gasteiger charge is 2.06. The summed E-state index contributed by atoms with van der Waals surface area (Å²) in [4.78, 5) is 72.8. The number of rotatable bonds is 23. The first-order chi connectivity index (χ1) is 23.9. The highest BCUT2D eigenvalue weighted by Crippen LogP contribution is 2.10. The Labute approximate surface area is 296 Å². The van der Waals surface area contributed by atoms with Crippen LogP contribution in [-0.4, -0.2) is 146 Å². The summed E-state index contributed by atoms with van der Waals surface area (Å²) in [6.45, 7) is 9.06. The summed E-state index contributed by atoms with van der Waals surface area (Å²) in [7, 11) is 0. The fourth-order valence-electron chi connectivity index (χ4n) is 3.20. The molecular weight excluding hydrogens is 688 g/mol. The number of hydrogen-bond acceptors (Lipinski definition) is 13. The van der Waals surface area contributed by atoms with E-state index < -0.39 is 47.8 Å². The number of nitrogens with two attached hydrogens (primary N) is 1. The topological polar surface area (TPSA) is 381 Å². The largest absolute Gasteiger partial charge is 0.473 e. The molecule has 1 atom stereocenters. The second-order valence-electron chi connectivity index (χ2n) is 10.3. The minimum absolute atomic E-state index is 0.176. The number of carboxylic acid groups (broad SMARTS) is 8. The average molecular weight is 747 g/mol. The lowest BCUT2D eigenvalue weighted by Gasteiger charge is -2.12. The summed E-state index contributed by atoms with van der Waals surface area (Å²) in [5.41, 5.74) is 5.46. The molecule has 0 spiro atoms. The molecule has 21 nitrogen and oxygen atoms in total. The molecule has 0 aromatic carbocycles. The summed E-state index contributed by atoms with van der Waals surface area (Å²) in [6, 6.07) is 0. The zero-order chi connectivity index (χ0) is 40.5. The van der Waals surface area contributed by atoms with Crippen LogP contribution in [0, 0.1) is 0 Å². The van der Waals surface area contributed by atoms with Crippen LogP contribution in [0.3, 0.4) is 0 Å². The molecule has 0 aliphatic heterocycles. The van der Waals surface area contributed by atoms with Gasteiger partial charge in [-0.15, -0.1) is 0 Å². The predicted molar refractivity (Wildman–Crippen MR) is 180 cm³/mol. The second-order valence-corrected chi connectivity index (χ2v) is 10.3. The zero-order valence-corrected chi connectivity index (χ0v) is 29.1. The van der Waals surface area contributed by atoms with Crippen molar-refractivity contribution in [3.05, 3.63) is 0 Å². The van der Waals surface area contributed by atoms with Gasteiger partial charge in [-0.3, -0.25) is 0 Å². The number of hydrogen-bond donors (Lipinski definition) is 13. The van der Waals surface area contributed by atoms with Crippen LogP contribution in [0.25, 0.3) is 0 Å². The first-order valence-corrected chi connectivity index (χ1v) is 16.2. The minimum Gasteiger partial charge on any atom is -0.473 e. The number of nitrogens with one attached hydrogen (secondary N) is 3. The van der Waals surface area contributed by atoms with Gasteiger partial charge in [-0.1, -0.05) is 58.3 Å². The van der Waals surface area contributed by atoms with Crippen molar-refractivity contribution in [1.29, 1.82) is 0 Å². The SMILES string of the molecule is CCCCCCCCCCC(O)CNCCCNCCCCNCCCN.O=C(O)C(=O)O.O=C(O)C(=O)O.O=C(O)C(=O)O.O=C(O)C(=O)O. The molecular formula is C30H58N4O17. The number of aliphatic carboxylic acids is 8. The van der Waals surface area contributed by atoms with E-state index in [1.165, 1.54) is 64.2 Å². The van der Waals surface area contributed by atoms with E-state index in [-0.39, 0.29) is 6.10 Å². The Bertz CT molecular complexity index is 808. The van der Waals surface area contributed by atoms with Crippen molar-refractivity contribution in [3.63, 3.8) is 0 Å². The Morgan fingerprint density at radius 2 is 0.725 bits per heavy atom. The van der Waals surface area contributed by atoms with Crippen molar-refractivity contribution in [2.45, 2.75) is 96.5 Å². The van der Waals surface area contributed by atoms with E-state index in [1.807, 2.05) is 0 Å². The van der Waals surface area contributed by atoms with Gasteiger partial charge in [0.05, 0.1) is 6.10 Å². The van der Waals surface area contributed by atoms with Crippen LogP contribution in [0.4, 0.5) is 0 Å². The van der Waals surface area contributed by atoms with E-state index in [1.54, 1.807) is 0 Å². The van der Waals surface area contributed by atoms with Crippen molar-refractivity contribution in [2.24, 2.45) is 5.73 Å². The average Bonchev–Trinajstić information content (AvgIpc) is 3.05. The van der Waals surface area contributed by atoms with Gasteiger partial charge < -0.3 is 67.6 Å². The molecule has 0 amide bonds. The van der Waals surface area contributed by atoms with Crippen LogP contribution in [0.2, 0.25) is 0 Å². The molecule has 0 heterocycles. The third-order valence-electron chi connectivity index (χ3n) is 5.72. The molecule has 0 aromatic heterocycles. The van der Waals surface area contributed by atoms with Crippen LogP contribution in [0.15, 0.2) is 0 Å². The fraction of sp³-hybridized carbons (Fsp3) is 0.733. The fourth-order valence-corrected chi connectivity index (χ4v) is 3.20. The molecule has 0 fully saturated rings. The van der Waals surface area contributed by atoms with Gasteiger partial charge in [0, 0.05) is 6.54 Å². The van der Waals surface area contributed by atoms with Crippen molar-refractivity contribution < 1.29 is 84.3 Å². The summed E-state index contributed by atoms with van der Waals surface area (Å²) in [5.74, 6) is -14.6. The smallest absolute Gasteiger partial charge is 0.414 e. The van der Waals surface area contributed by atoms with Crippen molar-refractivity contribution in [2.75, 3.05) is 45.8 Å². The molecule has 0 saturated carbocycles. The van der Waals surface area contributed by atoms with Crippen molar-refractivity contribution in [3.8, 4) is 0 Å². The summed E-state index contributed by atoms with van der Waals surface area (Å²) >= 11 is 0. The van der Waals surface area contributed by atoms with E-state index >= 15 is 0 Å². The van der Waals surface area contributed by atoms with E-state index in [0.717, 1.165) is 65.1 Å². The standard InChI is InChI=1S/C22H50N4O.4C2H2O4/c1-2-3-4-5-6-7-8-9-14-22(27)21-26-20-13-19-25-17-11-10-16-24-18-12-15-23;4*3-1(4)2(5)6/h22,24-27H,2-21,23H2,1H3;4*(H,3,4)(H,5,6). The molecule has 0 saturated heterocycles. The van der Waals surface area contributed by atoms with Gasteiger partial charge >= 0.3 is 47.8 Å². The maximum Gasteiger partial charge on any atom is 0.414 e. The molecule has 0 aliphatic rings. The Hall–Kier alpha value is -4.44. The van der Waals surface area contributed by atoms with Crippen LogP contribution in [0.1, 0.15) is 90.4 Å². The lowest BCUT2D eigenvalue weighted by atomic mass is 10.1. The zero-order valence-electron chi connectivity index (χ0n) is 29.1. The molecule has 0 aliphatic carbocycles. The lowest BCUT2D eigenvalue weighted by molar-refractivity contribution is -0.159. The van der Waals surface area contributed by atoms with Crippen LogP contribution in [0.5, 0.6) is 0 Å². The maximum atomic E-state index is 10.0. The van der Waals surface area contributed by atoms with Crippen LogP contribution < -0.4 is 21.7 Å². The van der Waals surface area contributed by atoms with E-state index in [9.17, 15) is 5.11 Å². The number of aliphatic hydroxyl groups excluding tert-OH is 1. The van der Waals surface area contributed by atoms with Crippen LogP contribution >= 0.6 is 0 Å². The van der Waals surface area contributed by atoms with Gasteiger partial charge in [-0.05, 0) is 71.4 Å². The van der Waals surface area contributed by atoms with Gasteiger partial charge in [0.25, 0.3) is 0 Å². The van der Waals surface area contributed by atoms with Crippen LogP contribution in [-0.2, 0) is 38.4 Å². The maximum absolute atomic E-state index is 10.0. The number of carboxylic acids is 8. The normalized spacial score (nSPS) is 10.1. The molecule has 0 bridgehead atoms. The first kappa shape index (κ1) is 56.0. The van der Waals surface area contributed by atoms with E-state index in [0.29, 0.717) is 0 Å². The van der Waals surface area contributed by atoms with Gasteiger partial charge in [0.1, 0.15) is 0 Å². The minimum atomic E-state index is -1.82. The van der Waals surface area contributed by atoms with E-state index in [4.69, 9.17) is 84.9 Å². The highest BCUT2D eigenvalue weighted by molar-refractivity contribution is 6.28. The number of aliphatic hydroxyl groups is 1. The Balaban J connectivity index is -0.000000234. The van der Waals surface area contributed by atoms with Crippen molar-refractivity contribution in [1.82, 2.24) is 16.0 Å². The number of carbonyl (C=O) groups is 8. The van der Waals surface area contributed by atoms with Gasteiger partial charge in [0.15, 0.2) is 0 Å². The molecule has 1 unspecified atom stereocenters. The first-order valence-electron chi connectivity index (χ1n) is 16.2. The molecule has 0 rings (SSSR count).